The van der Waals surface area contributed by atoms with Gasteiger partial charge in [0.15, 0.2) is 0 Å². The summed E-state index contributed by atoms with van der Waals surface area (Å²) in [5.41, 5.74) is 0. The average Bonchev–Trinajstić information content (AvgIpc) is 2.31. The van der Waals surface area contributed by atoms with Crippen molar-refractivity contribution in [3.8, 4) is 0 Å². The fourth-order valence-corrected chi connectivity index (χ4v) is 3.58. The summed E-state index contributed by atoms with van der Waals surface area (Å²) in [6, 6.07) is 2.70. The van der Waals surface area contributed by atoms with Crippen molar-refractivity contribution in [2.24, 2.45) is 0 Å². The van der Waals surface area contributed by atoms with Crippen LogP contribution < -0.4 is 0 Å². The third kappa shape index (κ3) is 4.24. The molecule has 0 aromatic heterocycles. The predicted molar refractivity (Wildman–Crippen MR) is 66.9 cm³/mol. The van der Waals surface area contributed by atoms with Crippen LogP contribution in [0.15, 0.2) is 23.1 Å². The van der Waals surface area contributed by atoms with Crippen LogP contribution >= 0.6 is 23.2 Å². The molecule has 3 nitrogen and oxygen atoms in total. The zero-order valence-corrected chi connectivity index (χ0v) is 11.8. The molecule has 0 radical (unpaired) electrons. The standard InChI is InChI=1S/C10H10Cl2F3NO2S/c11-3-4-16(6-10(14)15)19(17,18)9-5-7(13)1-2-8(9)12/h1-2,5,10H,3-4,6H2. The van der Waals surface area contributed by atoms with Gasteiger partial charge in [0.1, 0.15) is 10.7 Å². The zero-order valence-electron chi connectivity index (χ0n) is 9.49. The molecule has 1 aromatic rings. The number of hydrogen-bond acceptors (Lipinski definition) is 2. The summed E-state index contributed by atoms with van der Waals surface area (Å²) in [6.45, 7) is -1.34. The molecule has 9 heteroatoms. The first-order valence-corrected chi connectivity index (χ1v) is 7.43. The van der Waals surface area contributed by atoms with Gasteiger partial charge in [-0.2, -0.15) is 4.31 Å². The Kier molecular flexibility index (Phi) is 5.91. The minimum Gasteiger partial charge on any atom is -0.209 e. The van der Waals surface area contributed by atoms with Gasteiger partial charge in [-0.15, -0.1) is 11.6 Å². The molecule has 0 aliphatic rings. The molecule has 19 heavy (non-hydrogen) atoms. The Bertz CT molecular complexity index is 540. The molecule has 0 saturated carbocycles. The first kappa shape index (κ1) is 16.6. The highest BCUT2D eigenvalue weighted by Crippen LogP contribution is 2.26. The van der Waals surface area contributed by atoms with Crippen molar-refractivity contribution < 1.29 is 21.6 Å². The average molecular weight is 336 g/mol. The van der Waals surface area contributed by atoms with Gasteiger partial charge < -0.3 is 0 Å². The lowest BCUT2D eigenvalue weighted by Crippen LogP contribution is -2.36. The minimum absolute atomic E-state index is 0.168. The van der Waals surface area contributed by atoms with E-state index in [1.807, 2.05) is 0 Å². The number of alkyl halides is 3. The van der Waals surface area contributed by atoms with Crippen molar-refractivity contribution >= 4 is 33.2 Å². The quantitative estimate of drug-likeness (QED) is 0.749. The smallest absolute Gasteiger partial charge is 0.209 e. The third-order valence-electron chi connectivity index (χ3n) is 2.19. The Morgan fingerprint density at radius 2 is 1.95 bits per heavy atom. The van der Waals surface area contributed by atoms with Crippen LogP contribution in [-0.4, -0.2) is 38.1 Å². The monoisotopic (exact) mass is 335 g/mol. The number of nitrogens with zero attached hydrogens (tertiary/aromatic N) is 1. The van der Waals surface area contributed by atoms with E-state index in [9.17, 15) is 21.6 Å². The van der Waals surface area contributed by atoms with Crippen molar-refractivity contribution in [2.45, 2.75) is 11.3 Å². The van der Waals surface area contributed by atoms with Crippen LogP contribution in [0.4, 0.5) is 13.2 Å². The summed E-state index contributed by atoms with van der Waals surface area (Å²) in [5.74, 6) is -0.996. The largest absolute Gasteiger partial charge is 0.252 e. The Balaban J connectivity index is 3.22. The van der Waals surface area contributed by atoms with Gasteiger partial charge in [0.2, 0.25) is 10.0 Å². The molecule has 0 spiro atoms. The van der Waals surface area contributed by atoms with Crippen LogP contribution in [0.3, 0.4) is 0 Å². The van der Waals surface area contributed by atoms with E-state index in [4.69, 9.17) is 23.2 Å². The maximum absolute atomic E-state index is 13.1. The van der Waals surface area contributed by atoms with E-state index in [0.717, 1.165) is 12.1 Å². The van der Waals surface area contributed by atoms with Crippen LogP contribution in [0.2, 0.25) is 5.02 Å². The molecule has 0 amide bonds. The normalized spacial score (nSPS) is 12.4. The third-order valence-corrected chi connectivity index (χ3v) is 4.70. The van der Waals surface area contributed by atoms with Crippen molar-refractivity contribution in [3.63, 3.8) is 0 Å². The minimum atomic E-state index is -4.31. The van der Waals surface area contributed by atoms with Crippen molar-refractivity contribution in [3.05, 3.63) is 29.0 Å². The van der Waals surface area contributed by atoms with Gasteiger partial charge in [-0.3, -0.25) is 0 Å². The Labute approximate surface area is 119 Å². The highest BCUT2D eigenvalue weighted by Gasteiger charge is 2.29. The van der Waals surface area contributed by atoms with E-state index in [-0.39, 0.29) is 17.4 Å². The summed E-state index contributed by atoms with van der Waals surface area (Å²) in [6.07, 6.45) is -2.87. The number of benzene rings is 1. The van der Waals surface area contributed by atoms with Crippen molar-refractivity contribution in [1.82, 2.24) is 4.31 Å². The molecular weight excluding hydrogens is 326 g/mol. The maximum atomic E-state index is 13.1. The van der Waals surface area contributed by atoms with Crippen LogP contribution in [0.5, 0.6) is 0 Å². The predicted octanol–water partition coefficient (Wildman–Crippen LogP) is 2.97. The second-order valence-corrected chi connectivity index (χ2v) is 6.21. The number of halogens is 5. The molecule has 0 unspecified atom stereocenters. The number of hydrogen-bond donors (Lipinski definition) is 0. The van der Waals surface area contributed by atoms with Crippen molar-refractivity contribution in [1.29, 1.82) is 0 Å². The first-order chi connectivity index (χ1) is 8.78. The van der Waals surface area contributed by atoms with Gasteiger partial charge in [-0.05, 0) is 18.2 Å². The highest BCUT2D eigenvalue weighted by molar-refractivity contribution is 7.89. The maximum Gasteiger partial charge on any atom is 0.252 e. The van der Waals surface area contributed by atoms with E-state index in [1.54, 1.807) is 0 Å². The second-order valence-electron chi connectivity index (χ2n) is 3.52. The number of rotatable bonds is 6. The van der Waals surface area contributed by atoms with E-state index >= 15 is 0 Å². The van der Waals surface area contributed by atoms with Gasteiger partial charge in [0.05, 0.1) is 11.6 Å². The molecule has 0 heterocycles. The van der Waals surface area contributed by atoms with Crippen LogP contribution in [0.1, 0.15) is 0 Å². The lowest BCUT2D eigenvalue weighted by atomic mass is 10.3. The fraction of sp³-hybridized carbons (Fsp3) is 0.400. The molecular formula is C10H10Cl2F3NO2S. The van der Waals surface area contributed by atoms with E-state index < -0.39 is 33.7 Å². The molecule has 0 N–H and O–H groups in total. The van der Waals surface area contributed by atoms with Gasteiger partial charge in [0.25, 0.3) is 6.43 Å². The van der Waals surface area contributed by atoms with E-state index in [0.29, 0.717) is 10.4 Å². The topological polar surface area (TPSA) is 37.4 Å². The summed E-state index contributed by atoms with van der Waals surface area (Å²) >= 11 is 11.1. The molecule has 108 valence electrons. The molecule has 1 rings (SSSR count). The zero-order chi connectivity index (χ0) is 14.6. The molecule has 0 aliphatic heterocycles. The number of sulfonamides is 1. The summed E-state index contributed by atoms with van der Waals surface area (Å²) in [5, 5.41) is -0.241. The summed E-state index contributed by atoms with van der Waals surface area (Å²) in [4.78, 5) is -0.556. The molecule has 0 saturated heterocycles. The summed E-state index contributed by atoms with van der Waals surface area (Å²) in [7, 11) is -4.31. The lowest BCUT2D eigenvalue weighted by Gasteiger charge is -2.21. The molecule has 0 atom stereocenters. The van der Waals surface area contributed by atoms with Gasteiger partial charge in [0, 0.05) is 12.4 Å². The molecule has 0 bridgehead atoms. The van der Waals surface area contributed by atoms with E-state index in [1.165, 1.54) is 0 Å². The van der Waals surface area contributed by atoms with Crippen molar-refractivity contribution in [2.75, 3.05) is 19.0 Å². The Morgan fingerprint density at radius 3 is 2.47 bits per heavy atom. The lowest BCUT2D eigenvalue weighted by molar-refractivity contribution is 0.121. The SMILES string of the molecule is O=S(=O)(c1cc(F)ccc1Cl)N(CCCl)CC(F)F. The Hall–Kier alpha value is -0.500. The summed E-state index contributed by atoms with van der Waals surface area (Å²) < 4.78 is 62.5. The molecule has 0 aliphatic carbocycles. The van der Waals surface area contributed by atoms with Crippen LogP contribution in [-0.2, 0) is 10.0 Å². The van der Waals surface area contributed by atoms with Gasteiger partial charge in [-0.25, -0.2) is 21.6 Å². The Morgan fingerprint density at radius 1 is 1.32 bits per heavy atom. The second kappa shape index (κ2) is 6.78. The van der Waals surface area contributed by atoms with Gasteiger partial charge in [-0.1, -0.05) is 11.6 Å². The van der Waals surface area contributed by atoms with E-state index in [2.05, 4.69) is 0 Å². The first-order valence-electron chi connectivity index (χ1n) is 5.08. The fourth-order valence-electron chi connectivity index (χ4n) is 1.37. The van der Waals surface area contributed by atoms with Crippen LogP contribution in [0.25, 0.3) is 0 Å². The molecule has 1 aromatic carbocycles. The molecule has 0 fully saturated rings. The van der Waals surface area contributed by atoms with Gasteiger partial charge >= 0.3 is 0 Å². The highest BCUT2D eigenvalue weighted by atomic mass is 35.5. The van der Waals surface area contributed by atoms with Crippen LogP contribution in [0, 0.1) is 5.82 Å².